The summed E-state index contributed by atoms with van der Waals surface area (Å²) in [5.74, 6) is -0.905. The van der Waals surface area contributed by atoms with Crippen molar-refractivity contribution in [2.24, 2.45) is 11.7 Å². The average Bonchev–Trinajstić information content (AvgIpc) is 3.34. The minimum absolute atomic E-state index is 0.196. The molecule has 0 aliphatic carbocycles. The van der Waals surface area contributed by atoms with Crippen molar-refractivity contribution in [2.75, 3.05) is 7.05 Å². The fraction of sp³-hybridized carbons (Fsp3) is 0.333. The number of benzene rings is 2. The highest BCUT2D eigenvalue weighted by atomic mass is 16.5. The second-order valence-corrected chi connectivity index (χ2v) is 9.22. The molecule has 184 valence electrons. The van der Waals surface area contributed by atoms with Gasteiger partial charge in [0.2, 0.25) is 11.8 Å². The van der Waals surface area contributed by atoms with Crippen molar-refractivity contribution in [2.45, 2.75) is 46.2 Å². The Hall–Kier alpha value is -3.94. The van der Waals surface area contributed by atoms with E-state index in [4.69, 9.17) is 10.3 Å². The molecule has 3 aromatic rings. The van der Waals surface area contributed by atoms with E-state index < -0.39 is 23.9 Å². The number of aryl methyl sites for hydroxylation is 2. The summed E-state index contributed by atoms with van der Waals surface area (Å²) in [5.41, 5.74) is 9.62. The summed E-state index contributed by atoms with van der Waals surface area (Å²) in [5, 5.41) is 6.47. The van der Waals surface area contributed by atoms with E-state index in [1.54, 1.807) is 45.3 Å². The molecule has 8 heteroatoms. The summed E-state index contributed by atoms with van der Waals surface area (Å²) < 4.78 is 5.19. The number of primary amides is 1. The highest BCUT2D eigenvalue weighted by Crippen LogP contribution is 2.21. The maximum absolute atomic E-state index is 13.4. The molecule has 0 unspecified atom stereocenters. The highest BCUT2D eigenvalue weighted by Gasteiger charge is 2.31. The lowest BCUT2D eigenvalue weighted by atomic mass is 9.99. The van der Waals surface area contributed by atoms with Crippen molar-refractivity contribution in [3.63, 3.8) is 0 Å². The van der Waals surface area contributed by atoms with Crippen LogP contribution >= 0.6 is 0 Å². The minimum Gasteiger partial charge on any atom is -0.368 e. The van der Waals surface area contributed by atoms with Crippen LogP contribution < -0.4 is 11.1 Å². The van der Waals surface area contributed by atoms with E-state index in [0.717, 1.165) is 22.3 Å². The van der Waals surface area contributed by atoms with Gasteiger partial charge in [0.25, 0.3) is 5.91 Å². The molecule has 0 spiro atoms. The zero-order valence-electron chi connectivity index (χ0n) is 20.7. The summed E-state index contributed by atoms with van der Waals surface area (Å²) in [6, 6.07) is 13.1. The third-order valence-corrected chi connectivity index (χ3v) is 5.94. The molecule has 8 nitrogen and oxygen atoms in total. The number of amides is 3. The second kappa shape index (κ2) is 11.0. The number of carbonyl (C=O) groups is 3. The normalized spacial score (nSPS) is 12.7. The Balaban J connectivity index is 1.90. The molecule has 0 aliphatic heterocycles. The molecule has 2 aromatic carbocycles. The van der Waals surface area contributed by atoms with Gasteiger partial charge in [0, 0.05) is 30.7 Å². The Kier molecular flexibility index (Phi) is 8.06. The maximum Gasteiger partial charge on any atom is 0.254 e. The number of likely N-dealkylation sites (N-methyl/N-ethyl adjacent to an activating group) is 1. The van der Waals surface area contributed by atoms with Crippen molar-refractivity contribution in [3.05, 3.63) is 77.0 Å². The van der Waals surface area contributed by atoms with Gasteiger partial charge in [0.05, 0.1) is 6.20 Å². The second-order valence-electron chi connectivity index (χ2n) is 9.22. The Bertz CT molecular complexity index is 1170. The lowest BCUT2D eigenvalue weighted by Crippen LogP contribution is -2.55. The van der Waals surface area contributed by atoms with Crippen LogP contribution in [0.25, 0.3) is 11.3 Å². The van der Waals surface area contributed by atoms with Crippen LogP contribution in [0.3, 0.4) is 0 Å². The molecule has 0 radical (unpaired) electrons. The zero-order valence-corrected chi connectivity index (χ0v) is 20.7. The van der Waals surface area contributed by atoms with Crippen molar-refractivity contribution in [1.29, 1.82) is 0 Å². The van der Waals surface area contributed by atoms with E-state index in [9.17, 15) is 14.4 Å². The summed E-state index contributed by atoms with van der Waals surface area (Å²) >= 11 is 0. The van der Waals surface area contributed by atoms with Crippen molar-refractivity contribution >= 4 is 17.7 Å². The molecule has 35 heavy (non-hydrogen) atoms. The standard InChI is InChI=1S/C27H32N4O4/c1-16(2)24(25(28)32)30-26(33)22(31(5)27(34)21-13-17(3)12-18(4)14-21)15-19-6-8-20(9-7-19)23-10-11-29-35-23/h6-14,16,22,24H,15H2,1-5H3,(H2,28,32)(H,30,33)/t22-,24-/m0/s1. The third kappa shape index (κ3) is 6.35. The summed E-state index contributed by atoms with van der Waals surface area (Å²) in [6.45, 7) is 7.45. The fourth-order valence-electron chi connectivity index (χ4n) is 4.06. The monoisotopic (exact) mass is 476 g/mol. The molecule has 1 aromatic heterocycles. The van der Waals surface area contributed by atoms with Gasteiger partial charge in [-0.3, -0.25) is 14.4 Å². The number of hydrogen-bond acceptors (Lipinski definition) is 5. The van der Waals surface area contributed by atoms with Gasteiger partial charge in [-0.05, 0) is 37.5 Å². The number of rotatable bonds is 9. The van der Waals surface area contributed by atoms with Gasteiger partial charge >= 0.3 is 0 Å². The maximum atomic E-state index is 13.4. The quantitative estimate of drug-likeness (QED) is 0.491. The van der Waals surface area contributed by atoms with Crippen LogP contribution in [0.4, 0.5) is 0 Å². The predicted octanol–water partition coefficient (Wildman–Crippen LogP) is 3.27. The van der Waals surface area contributed by atoms with Crippen molar-refractivity contribution in [1.82, 2.24) is 15.4 Å². The SMILES string of the molecule is Cc1cc(C)cc(C(=O)N(C)[C@@H](Cc2ccc(-c3ccno3)cc2)C(=O)N[C@H](C(N)=O)C(C)C)c1. The molecule has 3 rings (SSSR count). The number of nitrogens with one attached hydrogen (secondary N) is 1. The van der Waals surface area contributed by atoms with Gasteiger partial charge in [-0.1, -0.05) is 60.5 Å². The first-order chi connectivity index (χ1) is 16.6. The first kappa shape index (κ1) is 25.7. The Labute approximate surface area is 205 Å². The number of nitrogens with two attached hydrogens (primary N) is 1. The molecule has 0 bridgehead atoms. The first-order valence-corrected chi connectivity index (χ1v) is 11.5. The van der Waals surface area contributed by atoms with Gasteiger partial charge in [-0.25, -0.2) is 0 Å². The van der Waals surface area contributed by atoms with E-state index in [0.29, 0.717) is 11.3 Å². The number of carbonyl (C=O) groups excluding carboxylic acids is 3. The number of hydrogen-bond donors (Lipinski definition) is 2. The van der Waals surface area contributed by atoms with Crippen molar-refractivity contribution in [3.8, 4) is 11.3 Å². The summed E-state index contributed by atoms with van der Waals surface area (Å²) in [7, 11) is 1.60. The molecular formula is C27H32N4O4. The molecular weight excluding hydrogens is 444 g/mol. The van der Waals surface area contributed by atoms with Crippen LogP contribution in [0, 0.1) is 19.8 Å². The summed E-state index contributed by atoms with van der Waals surface area (Å²) in [6.07, 6.45) is 1.82. The molecule has 0 saturated heterocycles. The largest absolute Gasteiger partial charge is 0.368 e. The number of aromatic nitrogens is 1. The Morgan fingerprint density at radius 1 is 1.03 bits per heavy atom. The lowest BCUT2D eigenvalue weighted by Gasteiger charge is -2.30. The number of nitrogens with zero attached hydrogens (tertiary/aromatic N) is 2. The fourth-order valence-corrected chi connectivity index (χ4v) is 4.06. The van der Waals surface area contributed by atoms with Gasteiger partial charge in [0.15, 0.2) is 5.76 Å². The van der Waals surface area contributed by atoms with E-state index in [1.807, 2.05) is 44.2 Å². The molecule has 2 atom stereocenters. The van der Waals surface area contributed by atoms with E-state index in [2.05, 4.69) is 10.5 Å². The average molecular weight is 477 g/mol. The van der Waals surface area contributed by atoms with Crippen molar-refractivity contribution < 1.29 is 18.9 Å². The van der Waals surface area contributed by atoms with E-state index in [-0.39, 0.29) is 18.2 Å². The van der Waals surface area contributed by atoms with Crippen LogP contribution in [0.5, 0.6) is 0 Å². The first-order valence-electron chi connectivity index (χ1n) is 11.5. The molecule has 3 amide bonds. The van der Waals surface area contributed by atoms with Gasteiger partial charge < -0.3 is 20.5 Å². The van der Waals surface area contributed by atoms with Crippen LogP contribution in [-0.2, 0) is 16.0 Å². The highest BCUT2D eigenvalue weighted by molar-refractivity contribution is 5.98. The van der Waals surface area contributed by atoms with Crippen LogP contribution in [0.1, 0.15) is 40.9 Å². The molecule has 0 saturated carbocycles. The predicted molar refractivity (Wildman–Crippen MR) is 133 cm³/mol. The molecule has 1 heterocycles. The van der Waals surface area contributed by atoms with Crippen LogP contribution in [-0.4, -0.2) is 46.9 Å². The van der Waals surface area contributed by atoms with Gasteiger partial charge in [0.1, 0.15) is 12.1 Å². The van der Waals surface area contributed by atoms with E-state index in [1.165, 1.54) is 4.90 Å². The topological polar surface area (TPSA) is 119 Å². The van der Waals surface area contributed by atoms with Crippen LogP contribution in [0.15, 0.2) is 59.3 Å². The third-order valence-electron chi connectivity index (χ3n) is 5.94. The molecule has 0 fully saturated rings. The minimum atomic E-state index is -0.861. The Morgan fingerprint density at radius 2 is 1.66 bits per heavy atom. The van der Waals surface area contributed by atoms with Gasteiger partial charge in [-0.15, -0.1) is 0 Å². The van der Waals surface area contributed by atoms with Crippen LogP contribution in [0.2, 0.25) is 0 Å². The lowest BCUT2D eigenvalue weighted by molar-refractivity contribution is -0.130. The smallest absolute Gasteiger partial charge is 0.254 e. The van der Waals surface area contributed by atoms with E-state index >= 15 is 0 Å². The zero-order chi connectivity index (χ0) is 25.7. The Morgan fingerprint density at radius 3 is 2.17 bits per heavy atom. The summed E-state index contributed by atoms with van der Waals surface area (Å²) in [4.78, 5) is 40.1. The molecule has 0 aliphatic rings. The van der Waals surface area contributed by atoms with Gasteiger partial charge in [-0.2, -0.15) is 0 Å². The molecule has 3 N–H and O–H groups in total.